The highest BCUT2D eigenvalue weighted by Gasteiger charge is 2.55. The average Bonchev–Trinajstić information content (AvgIpc) is 3.07. The summed E-state index contributed by atoms with van der Waals surface area (Å²) in [4.78, 5) is 48.1. The second-order valence-corrected chi connectivity index (χ2v) is 10.6. The Labute approximate surface area is 206 Å². The van der Waals surface area contributed by atoms with E-state index in [0.717, 1.165) is 29.0 Å². The maximum absolute atomic E-state index is 13.1. The first-order valence-electron chi connectivity index (χ1n) is 11.8. The Balaban J connectivity index is 1.53. The number of hydrogen-bond acceptors (Lipinski definition) is 9. The Morgan fingerprint density at radius 1 is 1.14 bits per heavy atom. The van der Waals surface area contributed by atoms with Gasteiger partial charge in [0, 0.05) is 13.1 Å². The Morgan fingerprint density at radius 2 is 1.86 bits per heavy atom. The van der Waals surface area contributed by atoms with Crippen LogP contribution in [0, 0.1) is 43.4 Å². The van der Waals surface area contributed by atoms with Crippen molar-refractivity contribution in [1.82, 2.24) is 9.91 Å². The first kappa shape index (κ1) is 24.1. The van der Waals surface area contributed by atoms with Crippen molar-refractivity contribution in [1.29, 1.82) is 0 Å². The monoisotopic (exact) mass is 497 g/mol. The Morgan fingerprint density at radius 3 is 2.44 bits per heavy atom. The van der Waals surface area contributed by atoms with Crippen molar-refractivity contribution in [3.63, 3.8) is 0 Å². The number of benzene rings is 1. The molecule has 0 aromatic heterocycles. The molecule has 6 rings (SSSR count). The maximum Gasteiger partial charge on any atom is 0.300 e. The molecule has 2 bridgehead atoms. The number of rotatable bonds is 6. The lowest BCUT2D eigenvalue weighted by atomic mass is 9.49. The molecule has 2 N–H and O–H groups in total. The van der Waals surface area contributed by atoms with Crippen LogP contribution in [-0.2, 0) is 9.59 Å². The number of imide groups is 1. The number of nitro groups is 2. The highest BCUT2D eigenvalue weighted by atomic mass is 16.6. The van der Waals surface area contributed by atoms with Gasteiger partial charge in [-0.1, -0.05) is 32.1 Å². The third-order valence-corrected chi connectivity index (χ3v) is 8.46. The number of allylic oxidation sites excluding steroid dienone is 1. The molecule has 36 heavy (non-hydrogen) atoms. The number of non-ortho nitro benzene ring substituents is 1. The molecule has 1 aromatic carbocycles. The number of amides is 2. The van der Waals surface area contributed by atoms with E-state index in [4.69, 9.17) is 0 Å². The lowest BCUT2D eigenvalue weighted by Crippen LogP contribution is -2.58. The molecule has 12 heteroatoms. The van der Waals surface area contributed by atoms with Crippen molar-refractivity contribution < 1.29 is 24.5 Å². The van der Waals surface area contributed by atoms with Crippen LogP contribution in [0.3, 0.4) is 0 Å². The predicted molar refractivity (Wildman–Crippen MR) is 127 cm³/mol. The van der Waals surface area contributed by atoms with Crippen molar-refractivity contribution in [3.05, 3.63) is 62.2 Å². The number of hydrazine groups is 1. The number of hydrogen-bond donors (Lipinski definition) is 2. The fourth-order valence-electron chi connectivity index (χ4n) is 5.97. The number of likely N-dealkylation sites (N-methyl/N-ethyl adjacent to an activating group) is 1. The molecule has 2 amide bonds. The number of fused-ring (bicyclic) bond motifs is 2. The number of aliphatic hydroxyl groups is 1. The normalized spacial score (nSPS) is 31.4. The zero-order valence-electron chi connectivity index (χ0n) is 20.0. The number of anilines is 1. The van der Waals surface area contributed by atoms with Crippen molar-refractivity contribution in [2.24, 2.45) is 23.2 Å². The smallest absolute Gasteiger partial charge is 0.300 e. The van der Waals surface area contributed by atoms with Crippen molar-refractivity contribution in [2.75, 3.05) is 12.5 Å². The Kier molecular flexibility index (Phi) is 5.49. The predicted octanol–water partition coefficient (Wildman–Crippen LogP) is 2.41. The topological polar surface area (TPSA) is 159 Å². The second kappa shape index (κ2) is 8.20. The molecule has 2 fully saturated rings. The summed E-state index contributed by atoms with van der Waals surface area (Å²) < 4.78 is 0. The van der Waals surface area contributed by atoms with Crippen LogP contribution in [-0.4, -0.2) is 61.9 Å². The molecule has 1 saturated heterocycles. The molecule has 3 aliphatic carbocycles. The summed E-state index contributed by atoms with van der Waals surface area (Å²) >= 11 is 0. The summed E-state index contributed by atoms with van der Waals surface area (Å²) in [6, 6.07) is 1.28. The fraction of sp³-hybridized carbons (Fsp3) is 0.500. The van der Waals surface area contributed by atoms with Crippen LogP contribution < -0.4 is 5.43 Å². The number of likely N-dealkylation sites (tertiary alicyclic amines) is 1. The fourth-order valence-corrected chi connectivity index (χ4v) is 5.97. The quantitative estimate of drug-likeness (QED) is 0.260. The summed E-state index contributed by atoms with van der Waals surface area (Å²) in [7, 11) is 1.37. The highest BCUT2D eigenvalue weighted by molar-refractivity contribution is 6.08. The molecule has 6 atom stereocenters. The van der Waals surface area contributed by atoms with E-state index in [-0.39, 0.29) is 11.1 Å². The van der Waals surface area contributed by atoms with Crippen LogP contribution in [0.15, 0.2) is 42.0 Å². The SMILES string of the molecule is CN1C(=O)C2C=CC(C(O)C3=C[C@@H]4C[C@@H](C3)C4(C)C)N(Nc3ccc([N+](=O)[O-])cc3[N+](=O)[O-])C2C1=O. The van der Waals surface area contributed by atoms with Gasteiger partial charge in [-0.25, -0.2) is 5.01 Å². The molecule has 4 unspecified atom stereocenters. The van der Waals surface area contributed by atoms with Gasteiger partial charge in [0.05, 0.1) is 34.0 Å². The third-order valence-electron chi connectivity index (χ3n) is 8.46. The van der Waals surface area contributed by atoms with Crippen LogP contribution in [0.2, 0.25) is 0 Å². The molecular weight excluding hydrogens is 470 g/mol. The minimum absolute atomic E-state index is 0.0896. The van der Waals surface area contributed by atoms with Gasteiger partial charge in [0.15, 0.2) is 0 Å². The number of carbonyl (C=O) groups is 2. The van der Waals surface area contributed by atoms with Crippen molar-refractivity contribution in [3.8, 4) is 0 Å². The van der Waals surface area contributed by atoms with Gasteiger partial charge in [-0.2, -0.15) is 0 Å². The van der Waals surface area contributed by atoms with E-state index >= 15 is 0 Å². The second-order valence-electron chi connectivity index (χ2n) is 10.6. The first-order chi connectivity index (χ1) is 16.9. The largest absolute Gasteiger partial charge is 0.387 e. The van der Waals surface area contributed by atoms with E-state index < -0.39 is 57.1 Å². The summed E-state index contributed by atoms with van der Waals surface area (Å²) in [5, 5.41) is 35.7. The number of nitrogens with one attached hydrogen (secondary N) is 1. The van der Waals surface area contributed by atoms with Crippen LogP contribution in [0.25, 0.3) is 0 Å². The zero-order chi connectivity index (χ0) is 26.1. The summed E-state index contributed by atoms with van der Waals surface area (Å²) in [5.74, 6) is -0.998. The van der Waals surface area contributed by atoms with Crippen LogP contribution in [0.1, 0.15) is 26.7 Å². The molecule has 1 aromatic rings. The minimum Gasteiger partial charge on any atom is -0.387 e. The first-order valence-corrected chi connectivity index (χ1v) is 11.8. The van der Waals surface area contributed by atoms with Crippen molar-refractivity contribution >= 4 is 28.9 Å². The maximum atomic E-state index is 13.1. The lowest BCUT2D eigenvalue weighted by Gasteiger charge is -2.56. The number of carbonyl (C=O) groups excluding carboxylic acids is 2. The lowest BCUT2D eigenvalue weighted by molar-refractivity contribution is -0.393. The molecule has 0 radical (unpaired) electrons. The molecule has 2 aliphatic heterocycles. The van der Waals surface area contributed by atoms with E-state index in [2.05, 4.69) is 25.3 Å². The Bertz CT molecular complexity index is 1240. The summed E-state index contributed by atoms with van der Waals surface area (Å²) in [6.45, 7) is 4.41. The van der Waals surface area contributed by atoms with E-state index in [1.54, 1.807) is 12.2 Å². The van der Waals surface area contributed by atoms with Gasteiger partial charge in [-0.15, -0.1) is 0 Å². The molecule has 12 nitrogen and oxygen atoms in total. The zero-order valence-corrected chi connectivity index (χ0v) is 20.0. The van der Waals surface area contributed by atoms with Gasteiger partial charge in [-0.05, 0) is 41.7 Å². The summed E-state index contributed by atoms with van der Waals surface area (Å²) in [6.07, 6.45) is 6.07. The highest BCUT2D eigenvalue weighted by Crippen LogP contribution is 2.58. The molecule has 0 spiro atoms. The third kappa shape index (κ3) is 3.51. The Hall–Kier alpha value is -3.64. The van der Waals surface area contributed by atoms with Crippen molar-refractivity contribution in [2.45, 2.75) is 44.9 Å². The number of nitrogens with zero attached hydrogens (tertiary/aromatic N) is 4. The van der Waals surface area contributed by atoms with Gasteiger partial charge in [-0.3, -0.25) is 34.7 Å². The van der Waals surface area contributed by atoms with E-state index in [9.17, 15) is 34.9 Å². The molecule has 2 heterocycles. The van der Waals surface area contributed by atoms with Gasteiger partial charge in [0.1, 0.15) is 11.7 Å². The average molecular weight is 498 g/mol. The van der Waals surface area contributed by atoms with Gasteiger partial charge < -0.3 is 10.5 Å². The number of aliphatic hydroxyl groups excluding tert-OH is 1. The van der Waals surface area contributed by atoms with Crippen LogP contribution in [0.5, 0.6) is 0 Å². The van der Waals surface area contributed by atoms with Gasteiger partial charge in [0.25, 0.3) is 5.69 Å². The van der Waals surface area contributed by atoms with E-state index in [1.165, 1.54) is 18.1 Å². The molecule has 5 aliphatic rings. The van der Waals surface area contributed by atoms with Gasteiger partial charge in [0.2, 0.25) is 11.8 Å². The number of nitro benzene ring substituents is 2. The molecule has 190 valence electrons. The van der Waals surface area contributed by atoms with E-state index in [1.807, 2.05) is 0 Å². The van der Waals surface area contributed by atoms with E-state index in [0.29, 0.717) is 18.3 Å². The van der Waals surface area contributed by atoms with Crippen LogP contribution in [0.4, 0.5) is 17.1 Å². The van der Waals surface area contributed by atoms with Crippen LogP contribution >= 0.6 is 0 Å². The summed E-state index contributed by atoms with van der Waals surface area (Å²) in [5.41, 5.74) is 2.76. The standard InChI is InChI=1S/C24H27N5O7/c1-24(2)13-8-12(9-14(24)10-13)21(30)18-7-5-16-20(23(32)26(3)22(16)31)27(18)25-17-6-4-15(28(33)34)11-19(17)29(35)36/h4-8,11,13-14,16,18,20-21,25,30H,9-10H2,1-3H3/t13-,14-,16?,18?,20?,21?/m1/s1. The molecule has 1 saturated carbocycles. The van der Waals surface area contributed by atoms with Gasteiger partial charge >= 0.3 is 5.69 Å². The minimum atomic E-state index is -1.04. The molecular formula is C24H27N5O7.